The van der Waals surface area contributed by atoms with E-state index in [0.29, 0.717) is 6.61 Å². The first kappa shape index (κ1) is 9.83. The Morgan fingerprint density at radius 3 is 3.00 bits per heavy atom. The number of carbonyl (C=O) groups is 1. The van der Waals surface area contributed by atoms with Gasteiger partial charge in [0.2, 0.25) is 0 Å². The predicted molar refractivity (Wildman–Crippen MR) is 56.6 cm³/mol. The van der Waals surface area contributed by atoms with Gasteiger partial charge in [0.15, 0.2) is 0 Å². The Labute approximate surface area is 88.6 Å². The Hall–Kier alpha value is -1.71. The van der Waals surface area contributed by atoms with E-state index in [4.69, 9.17) is 10.5 Å². The van der Waals surface area contributed by atoms with E-state index in [9.17, 15) is 4.79 Å². The Morgan fingerprint density at radius 1 is 1.53 bits per heavy atom. The van der Waals surface area contributed by atoms with Crippen molar-refractivity contribution >= 4 is 6.03 Å². The Kier molecular flexibility index (Phi) is 2.49. The van der Waals surface area contributed by atoms with Gasteiger partial charge in [-0.1, -0.05) is 18.2 Å². The second-order valence-corrected chi connectivity index (χ2v) is 3.64. The second-order valence-electron chi connectivity index (χ2n) is 3.64. The second kappa shape index (κ2) is 3.81. The van der Waals surface area contributed by atoms with Gasteiger partial charge in [-0.15, -0.1) is 0 Å². The number of nitrogens with zero attached hydrogens (tertiary/aromatic N) is 1. The lowest BCUT2D eigenvalue weighted by molar-refractivity contribution is 0.169. The Bertz CT molecular complexity index is 379. The lowest BCUT2D eigenvalue weighted by Gasteiger charge is -2.32. The number of amides is 2. The van der Waals surface area contributed by atoms with Gasteiger partial charge >= 0.3 is 6.03 Å². The van der Waals surface area contributed by atoms with E-state index in [2.05, 4.69) is 0 Å². The van der Waals surface area contributed by atoms with Crippen molar-refractivity contribution in [1.29, 1.82) is 0 Å². The van der Waals surface area contributed by atoms with Gasteiger partial charge in [-0.05, 0) is 6.07 Å². The molecule has 0 saturated heterocycles. The van der Waals surface area contributed by atoms with Crippen LogP contribution in [0, 0.1) is 0 Å². The number of rotatable bonds is 1. The molecular formula is C11H14N2O2. The molecule has 2 rings (SSSR count). The predicted octanol–water partition coefficient (Wildman–Crippen LogP) is 1.52. The summed E-state index contributed by atoms with van der Waals surface area (Å²) in [7, 11) is 1.72. The SMILES string of the molecule is CN(C(N)=O)C1CCOc2ccccc21. The van der Waals surface area contributed by atoms with Crippen LogP contribution < -0.4 is 10.5 Å². The van der Waals surface area contributed by atoms with Crippen LogP contribution in [0.1, 0.15) is 18.0 Å². The molecule has 0 aromatic heterocycles. The lowest BCUT2D eigenvalue weighted by Crippen LogP contribution is -2.37. The highest BCUT2D eigenvalue weighted by Gasteiger charge is 2.26. The molecule has 1 aromatic carbocycles. The van der Waals surface area contributed by atoms with Gasteiger partial charge in [0, 0.05) is 19.0 Å². The molecule has 0 saturated carbocycles. The van der Waals surface area contributed by atoms with Crippen LogP contribution in [0.5, 0.6) is 5.75 Å². The molecule has 1 heterocycles. The normalized spacial score (nSPS) is 18.9. The van der Waals surface area contributed by atoms with E-state index >= 15 is 0 Å². The highest BCUT2D eigenvalue weighted by Crippen LogP contribution is 2.34. The van der Waals surface area contributed by atoms with E-state index in [-0.39, 0.29) is 6.04 Å². The Balaban J connectivity index is 2.33. The number of ether oxygens (including phenoxy) is 1. The number of carbonyl (C=O) groups excluding carboxylic acids is 1. The summed E-state index contributed by atoms with van der Waals surface area (Å²) in [5.74, 6) is 0.849. The van der Waals surface area contributed by atoms with E-state index in [1.165, 1.54) is 0 Å². The first-order valence-corrected chi connectivity index (χ1v) is 4.94. The van der Waals surface area contributed by atoms with Gasteiger partial charge < -0.3 is 15.4 Å². The van der Waals surface area contributed by atoms with Crippen LogP contribution in [0.3, 0.4) is 0 Å². The zero-order valence-corrected chi connectivity index (χ0v) is 8.64. The van der Waals surface area contributed by atoms with Crippen LogP contribution >= 0.6 is 0 Å². The van der Waals surface area contributed by atoms with Gasteiger partial charge in [-0.3, -0.25) is 0 Å². The van der Waals surface area contributed by atoms with Gasteiger partial charge in [0.25, 0.3) is 0 Å². The lowest BCUT2D eigenvalue weighted by atomic mass is 10.00. The quantitative estimate of drug-likeness (QED) is 0.757. The molecule has 1 aromatic rings. The summed E-state index contributed by atoms with van der Waals surface area (Å²) >= 11 is 0. The zero-order chi connectivity index (χ0) is 10.8. The minimum Gasteiger partial charge on any atom is -0.493 e. The number of nitrogens with two attached hydrogens (primary N) is 1. The van der Waals surface area contributed by atoms with Crippen molar-refractivity contribution in [3.63, 3.8) is 0 Å². The molecule has 1 atom stereocenters. The van der Waals surface area contributed by atoms with E-state index in [1.54, 1.807) is 11.9 Å². The van der Waals surface area contributed by atoms with Gasteiger partial charge in [-0.25, -0.2) is 4.79 Å². The molecule has 4 heteroatoms. The van der Waals surface area contributed by atoms with Crippen LogP contribution in [0.25, 0.3) is 0 Å². The molecule has 0 radical (unpaired) electrons. The van der Waals surface area contributed by atoms with E-state index in [1.807, 2.05) is 24.3 Å². The van der Waals surface area contributed by atoms with E-state index < -0.39 is 6.03 Å². The van der Waals surface area contributed by atoms with Gasteiger partial charge in [-0.2, -0.15) is 0 Å². The van der Waals surface area contributed by atoms with Crippen LogP contribution in [0.15, 0.2) is 24.3 Å². The van der Waals surface area contributed by atoms with E-state index in [0.717, 1.165) is 17.7 Å². The third-order valence-corrected chi connectivity index (χ3v) is 2.74. The summed E-state index contributed by atoms with van der Waals surface area (Å²) in [4.78, 5) is 12.7. The summed E-state index contributed by atoms with van der Waals surface area (Å²) < 4.78 is 5.50. The Morgan fingerprint density at radius 2 is 2.27 bits per heavy atom. The summed E-state index contributed by atoms with van der Waals surface area (Å²) in [5, 5.41) is 0. The van der Waals surface area contributed by atoms with Crippen LogP contribution in [0.4, 0.5) is 4.79 Å². The molecule has 1 aliphatic rings. The van der Waals surface area contributed by atoms with Crippen molar-refractivity contribution in [2.75, 3.05) is 13.7 Å². The average molecular weight is 206 g/mol. The van der Waals surface area contributed by atoms with Crippen molar-refractivity contribution in [2.45, 2.75) is 12.5 Å². The highest BCUT2D eigenvalue weighted by molar-refractivity contribution is 5.72. The first-order valence-electron chi connectivity index (χ1n) is 4.94. The first-order chi connectivity index (χ1) is 7.20. The minimum absolute atomic E-state index is 0.0347. The third-order valence-electron chi connectivity index (χ3n) is 2.74. The summed E-state index contributed by atoms with van der Waals surface area (Å²) in [6.07, 6.45) is 0.788. The van der Waals surface area contributed by atoms with Crippen molar-refractivity contribution in [3.05, 3.63) is 29.8 Å². The number of hydrogen-bond acceptors (Lipinski definition) is 2. The van der Waals surface area contributed by atoms with Crippen molar-refractivity contribution in [2.24, 2.45) is 5.73 Å². The monoisotopic (exact) mass is 206 g/mol. The van der Waals surface area contributed by atoms with Crippen molar-refractivity contribution < 1.29 is 9.53 Å². The third kappa shape index (κ3) is 1.75. The molecular weight excluding hydrogens is 192 g/mol. The molecule has 2 N–H and O–H groups in total. The minimum atomic E-state index is -0.406. The number of para-hydroxylation sites is 1. The van der Waals surface area contributed by atoms with Gasteiger partial charge in [0.05, 0.1) is 12.6 Å². The van der Waals surface area contributed by atoms with Crippen LogP contribution in [-0.2, 0) is 0 Å². The molecule has 15 heavy (non-hydrogen) atoms. The fraction of sp³-hybridized carbons (Fsp3) is 0.364. The molecule has 0 spiro atoms. The average Bonchev–Trinajstić information content (AvgIpc) is 2.27. The maximum absolute atomic E-state index is 11.1. The molecule has 4 nitrogen and oxygen atoms in total. The number of hydrogen-bond donors (Lipinski definition) is 1. The van der Waals surface area contributed by atoms with Crippen LogP contribution in [0.2, 0.25) is 0 Å². The summed E-state index contributed by atoms with van der Waals surface area (Å²) in [5.41, 5.74) is 6.30. The summed E-state index contributed by atoms with van der Waals surface area (Å²) in [6, 6.07) is 7.37. The number of primary amides is 1. The maximum atomic E-state index is 11.1. The smallest absolute Gasteiger partial charge is 0.315 e. The molecule has 1 aliphatic heterocycles. The van der Waals surface area contributed by atoms with Gasteiger partial charge in [0.1, 0.15) is 5.75 Å². The number of benzene rings is 1. The summed E-state index contributed by atoms with van der Waals surface area (Å²) in [6.45, 7) is 0.624. The highest BCUT2D eigenvalue weighted by atomic mass is 16.5. The molecule has 1 unspecified atom stereocenters. The molecule has 80 valence electrons. The molecule has 2 amide bonds. The fourth-order valence-corrected chi connectivity index (χ4v) is 1.88. The fourth-order valence-electron chi connectivity index (χ4n) is 1.88. The van der Waals surface area contributed by atoms with Crippen LogP contribution in [-0.4, -0.2) is 24.6 Å². The zero-order valence-electron chi connectivity index (χ0n) is 8.64. The van der Waals surface area contributed by atoms with Crippen molar-refractivity contribution in [3.8, 4) is 5.75 Å². The largest absolute Gasteiger partial charge is 0.493 e. The topological polar surface area (TPSA) is 55.6 Å². The number of fused-ring (bicyclic) bond motifs is 1. The molecule has 0 bridgehead atoms. The number of urea groups is 1. The maximum Gasteiger partial charge on any atom is 0.315 e. The molecule has 0 fully saturated rings. The standard InChI is InChI=1S/C11H14N2O2/c1-13(11(12)14)9-6-7-15-10-5-3-2-4-8(9)10/h2-5,9H,6-7H2,1H3,(H2,12,14). The van der Waals surface area contributed by atoms with Crippen molar-refractivity contribution in [1.82, 2.24) is 4.90 Å². The molecule has 0 aliphatic carbocycles.